The van der Waals surface area contributed by atoms with Gasteiger partial charge >= 0.3 is 0 Å². The molecule has 3 rings (SSSR count). The highest BCUT2D eigenvalue weighted by atomic mass is 32.2. The van der Waals surface area contributed by atoms with Gasteiger partial charge in [-0.15, -0.1) is 0 Å². The van der Waals surface area contributed by atoms with Gasteiger partial charge in [0.1, 0.15) is 0 Å². The summed E-state index contributed by atoms with van der Waals surface area (Å²) in [7, 11) is -3.46. The zero-order valence-corrected chi connectivity index (χ0v) is 16.2. The lowest BCUT2D eigenvalue weighted by Crippen LogP contribution is -2.28. The van der Waals surface area contributed by atoms with Gasteiger partial charge in [0, 0.05) is 12.1 Å². The Kier molecular flexibility index (Phi) is 6.63. The highest BCUT2D eigenvalue weighted by molar-refractivity contribution is 7.90. The molecule has 0 spiro atoms. The van der Waals surface area contributed by atoms with Gasteiger partial charge in [0.25, 0.3) is 0 Å². The summed E-state index contributed by atoms with van der Waals surface area (Å²) in [6.45, 7) is 2.04. The summed E-state index contributed by atoms with van der Waals surface area (Å²) >= 11 is 0. The predicted molar refractivity (Wildman–Crippen MR) is 107 cm³/mol. The molecule has 1 heterocycles. The molecule has 2 N–H and O–H groups in total. The second-order valence-electron chi connectivity index (χ2n) is 7.01. The smallest absolute Gasteiger partial charge is 0.224 e. The summed E-state index contributed by atoms with van der Waals surface area (Å²) in [6.07, 6.45) is 3.56. The van der Waals surface area contributed by atoms with Gasteiger partial charge in [-0.3, -0.25) is 4.79 Å². The van der Waals surface area contributed by atoms with Crippen LogP contribution in [0.25, 0.3) is 0 Å². The van der Waals surface area contributed by atoms with Crippen molar-refractivity contribution in [1.82, 2.24) is 5.32 Å². The molecule has 1 fully saturated rings. The van der Waals surface area contributed by atoms with Gasteiger partial charge in [0.05, 0.1) is 10.6 Å². The van der Waals surface area contributed by atoms with E-state index in [-0.39, 0.29) is 16.6 Å². The summed E-state index contributed by atoms with van der Waals surface area (Å²) in [5.74, 6) is 0.394. The summed E-state index contributed by atoms with van der Waals surface area (Å²) in [5, 5.41) is 6.23. The first-order valence-corrected chi connectivity index (χ1v) is 11.1. The van der Waals surface area contributed by atoms with Crippen molar-refractivity contribution in [1.29, 1.82) is 0 Å². The normalized spacial score (nSPS) is 15.4. The Balaban J connectivity index is 1.64. The Morgan fingerprint density at radius 3 is 2.41 bits per heavy atom. The number of nitrogens with one attached hydrogen (secondary N) is 2. The Morgan fingerprint density at radius 2 is 1.67 bits per heavy atom. The number of carbonyl (C=O) groups excluding carboxylic acids is 1. The molecule has 1 aliphatic rings. The molecule has 144 valence electrons. The molecule has 0 atom stereocenters. The number of rotatable bonds is 7. The molecule has 1 aliphatic heterocycles. The van der Waals surface area contributed by atoms with Crippen LogP contribution in [0.4, 0.5) is 5.69 Å². The number of benzene rings is 2. The van der Waals surface area contributed by atoms with Crippen molar-refractivity contribution in [3.8, 4) is 0 Å². The van der Waals surface area contributed by atoms with Crippen LogP contribution in [-0.4, -0.2) is 27.4 Å². The molecule has 5 nitrogen and oxygen atoms in total. The minimum Gasteiger partial charge on any atom is -0.326 e. The van der Waals surface area contributed by atoms with Gasteiger partial charge in [-0.25, -0.2) is 8.42 Å². The van der Waals surface area contributed by atoms with E-state index in [4.69, 9.17) is 0 Å². The van der Waals surface area contributed by atoms with E-state index < -0.39 is 9.84 Å². The Morgan fingerprint density at radius 1 is 1.00 bits per heavy atom. The topological polar surface area (TPSA) is 75.3 Å². The summed E-state index contributed by atoms with van der Waals surface area (Å²) in [6, 6.07) is 15.5. The maximum Gasteiger partial charge on any atom is 0.224 e. The van der Waals surface area contributed by atoms with Crippen molar-refractivity contribution in [2.75, 3.05) is 18.4 Å². The molecule has 0 unspecified atom stereocenters. The van der Waals surface area contributed by atoms with Crippen LogP contribution in [0, 0.1) is 5.92 Å². The molecule has 0 aromatic heterocycles. The maximum absolute atomic E-state index is 12.7. The average Bonchev–Trinajstić information content (AvgIpc) is 2.69. The van der Waals surface area contributed by atoms with E-state index in [2.05, 4.69) is 10.6 Å². The van der Waals surface area contributed by atoms with Gasteiger partial charge in [-0.1, -0.05) is 36.4 Å². The predicted octanol–water partition coefficient (Wildman–Crippen LogP) is 3.38. The van der Waals surface area contributed by atoms with Crippen molar-refractivity contribution in [2.45, 2.75) is 36.3 Å². The first kappa shape index (κ1) is 19.6. The average molecular weight is 387 g/mol. The van der Waals surface area contributed by atoms with Crippen LogP contribution in [0.5, 0.6) is 0 Å². The van der Waals surface area contributed by atoms with E-state index >= 15 is 0 Å². The van der Waals surface area contributed by atoms with E-state index in [1.807, 2.05) is 0 Å². The van der Waals surface area contributed by atoms with Crippen molar-refractivity contribution in [2.24, 2.45) is 5.92 Å². The quantitative estimate of drug-likeness (QED) is 0.765. The van der Waals surface area contributed by atoms with E-state index in [0.29, 0.717) is 23.6 Å². The second-order valence-corrected chi connectivity index (χ2v) is 9.00. The van der Waals surface area contributed by atoms with Gasteiger partial charge in [-0.2, -0.15) is 0 Å². The van der Waals surface area contributed by atoms with Crippen LogP contribution in [0.15, 0.2) is 59.5 Å². The van der Waals surface area contributed by atoms with E-state index in [0.717, 1.165) is 32.4 Å². The van der Waals surface area contributed by atoms with Crippen LogP contribution in [0.3, 0.4) is 0 Å². The monoisotopic (exact) mass is 386 g/mol. The molecule has 0 bridgehead atoms. The minimum atomic E-state index is -3.46. The second kappa shape index (κ2) is 9.15. The molecular weight excluding hydrogens is 360 g/mol. The van der Waals surface area contributed by atoms with Gasteiger partial charge in [-0.05, 0) is 62.0 Å². The summed E-state index contributed by atoms with van der Waals surface area (Å²) < 4.78 is 25.3. The number of hydrogen-bond donors (Lipinski definition) is 2. The van der Waals surface area contributed by atoms with E-state index in [9.17, 15) is 13.2 Å². The van der Waals surface area contributed by atoms with Gasteiger partial charge < -0.3 is 10.6 Å². The zero-order chi connectivity index (χ0) is 19.1. The fourth-order valence-electron chi connectivity index (χ4n) is 3.40. The maximum atomic E-state index is 12.7. The molecule has 0 radical (unpaired) electrons. The fourth-order valence-corrected chi connectivity index (χ4v) is 4.80. The lowest BCUT2D eigenvalue weighted by Gasteiger charge is -2.22. The number of amides is 1. The number of carbonyl (C=O) groups is 1. The van der Waals surface area contributed by atoms with Crippen molar-refractivity contribution in [3.05, 3.63) is 60.2 Å². The lowest BCUT2D eigenvalue weighted by atomic mass is 9.93. The van der Waals surface area contributed by atoms with Crippen LogP contribution in [-0.2, 0) is 20.4 Å². The summed E-state index contributed by atoms with van der Waals surface area (Å²) in [5.41, 5.74) is 1.18. The Bertz CT molecular complexity index is 860. The Labute approximate surface area is 161 Å². The zero-order valence-electron chi connectivity index (χ0n) is 15.4. The number of sulfone groups is 1. The molecule has 27 heavy (non-hydrogen) atoms. The van der Waals surface area contributed by atoms with Gasteiger partial charge in [0.15, 0.2) is 9.84 Å². The number of piperidine rings is 1. The first-order valence-electron chi connectivity index (χ1n) is 9.41. The molecule has 2 aromatic carbocycles. The molecule has 0 saturated carbocycles. The third-order valence-corrected chi connectivity index (χ3v) is 6.66. The Hall–Kier alpha value is -2.18. The lowest BCUT2D eigenvalue weighted by molar-refractivity contribution is -0.116. The molecule has 2 aromatic rings. The molecule has 1 saturated heterocycles. The molecule has 0 aliphatic carbocycles. The molecule has 1 amide bonds. The van der Waals surface area contributed by atoms with Crippen LogP contribution >= 0.6 is 0 Å². The highest BCUT2D eigenvalue weighted by Crippen LogP contribution is 2.23. The third-order valence-electron chi connectivity index (χ3n) is 4.98. The van der Waals surface area contributed by atoms with Crippen molar-refractivity contribution >= 4 is 21.4 Å². The van der Waals surface area contributed by atoms with E-state index in [1.54, 1.807) is 54.6 Å². The fraction of sp³-hybridized carbons (Fsp3) is 0.381. The first-order chi connectivity index (χ1) is 13.0. The van der Waals surface area contributed by atoms with Gasteiger partial charge in [0.2, 0.25) is 5.91 Å². The minimum absolute atomic E-state index is 0.0573. The standard InChI is InChI=1S/C21H26N2O3S/c24-21(11-10-17-12-14-22-15-13-17)23-20-9-5-4-6-18(20)16-27(25,26)19-7-2-1-3-8-19/h1-9,17,22H,10-16H2,(H,23,24). The molecule has 6 heteroatoms. The van der Waals surface area contributed by atoms with Crippen molar-refractivity contribution < 1.29 is 13.2 Å². The van der Waals surface area contributed by atoms with E-state index in [1.165, 1.54) is 0 Å². The number of anilines is 1. The largest absolute Gasteiger partial charge is 0.326 e. The van der Waals surface area contributed by atoms with Crippen molar-refractivity contribution in [3.63, 3.8) is 0 Å². The summed E-state index contributed by atoms with van der Waals surface area (Å²) in [4.78, 5) is 12.7. The SMILES string of the molecule is O=C(CCC1CCNCC1)Nc1ccccc1CS(=O)(=O)c1ccccc1. The molecular formula is C21H26N2O3S. The number of hydrogen-bond acceptors (Lipinski definition) is 4. The third kappa shape index (κ3) is 5.65. The van der Waals surface area contributed by atoms with Crippen LogP contribution in [0.2, 0.25) is 0 Å². The number of para-hydroxylation sites is 1. The van der Waals surface area contributed by atoms with Crippen LogP contribution in [0.1, 0.15) is 31.2 Å². The van der Waals surface area contributed by atoms with Crippen LogP contribution < -0.4 is 10.6 Å². The highest BCUT2D eigenvalue weighted by Gasteiger charge is 2.18.